The maximum atomic E-state index is 12.7. The van der Waals surface area contributed by atoms with Gasteiger partial charge in [-0.2, -0.15) is 0 Å². The summed E-state index contributed by atoms with van der Waals surface area (Å²) >= 11 is 5.90. The first-order valence-corrected chi connectivity index (χ1v) is 8.16. The fourth-order valence-corrected chi connectivity index (χ4v) is 3.06. The van der Waals surface area contributed by atoms with Crippen LogP contribution in [0.5, 0.6) is 0 Å². The molecule has 0 radical (unpaired) electrons. The number of amides is 1. The van der Waals surface area contributed by atoms with Gasteiger partial charge >= 0.3 is 0 Å². The number of benzene rings is 1. The van der Waals surface area contributed by atoms with Crippen LogP contribution in [0.15, 0.2) is 24.3 Å². The van der Waals surface area contributed by atoms with E-state index in [4.69, 9.17) is 11.6 Å². The van der Waals surface area contributed by atoms with Gasteiger partial charge in [0.2, 0.25) is 0 Å². The molecule has 0 aromatic heterocycles. The molecule has 1 fully saturated rings. The molecular formula is C17H24ClNO. The van der Waals surface area contributed by atoms with Gasteiger partial charge in [-0.1, -0.05) is 44.2 Å². The molecule has 2 rings (SSSR count). The lowest BCUT2D eigenvalue weighted by Gasteiger charge is -2.34. The largest absolute Gasteiger partial charge is 0.336 e. The Morgan fingerprint density at radius 2 is 1.85 bits per heavy atom. The summed E-state index contributed by atoms with van der Waals surface area (Å²) in [5, 5.41) is 0.680. The van der Waals surface area contributed by atoms with Crippen molar-refractivity contribution in [3.8, 4) is 0 Å². The number of halogens is 1. The highest BCUT2D eigenvalue weighted by atomic mass is 35.5. The first kappa shape index (κ1) is 15.4. The zero-order chi connectivity index (χ0) is 14.4. The molecule has 1 aliphatic rings. The molecule has 3 heteroatoms. The lowest BCUT2D eigenvalue weighted by atomic mass is 9.93. The molecule has 0 atom stereocenters. The predicted octanol–water partition coefficient (Wildman–Crippen LogP) is 4.92. The Labute approximate surface area is 127 Å². The zero-order valence-corrected chi connectivity index (χ0v) is 13.0. The highest BCUT2D eigenvalue weighted by Crippen LogP contribution is 2.24. The molecule has 0 spiro atoms. The van der Waals surface area contributed by atoms with Crippen molar-refractivity contribution in [1.82, 2.24) is 4.90 Å². The second kappa shape index (κ2) is 7.68. The van der Waals surface area contributed by atoms with Crippen LogP contribution in [0.3, 0.4) is 0 Å². The topological polar surface area (TPSA) is 20.3 Å². The number of hydrogen-bond acceptors (Lipinski definition) is 1. The quantitative estimate of drug-likeness (QED) is 0.755. The van der Waals surface area contributed by atoms with E-state index >= 15 is 0 Å². The van der Waals surface area contributed by atoms with Gasteiger partial charge in [0.1, 0.15) is 0 Å². The Morgan fingerprint density at radius 3 is 2.45 bits per heavy atom. The van der Waals surface area contributed by atoms with Crippen LogP contribution in [0.4, 0.5) is 0 Å². The number of carbonyl (C=O) groups is 1. The Hall–Kier alpha value is -1.02. The summed E-state index contributed by atoms with van der Waals surface area (Å²) in [6.45, 7) is 3.05. The number of rotatable bonds is 5. The number of hydrogen-bond donors (Lipinski definition) is 0. The summed E-state index contributed by atoms with van der Waals surface area (Å²) in [4.78, 5) is 14.8. The van der Waals surface area contributed by atoms with Crippen molar-refractivity contribution in [2.24, 2.45) is 0 Å². The monoisotopic (exact) mass is 293 g/mol. The zero-order valence-electron chi connectivity index (χ0n) is 12.3. The smallest absolute Gasteiger partial charge is 0.254 e. The molecule has 1 aliphatic carbocycles. The molecule has 0 saturated heterocycles. The number of carbonyl (C=O) groups excluding carboxylic acids is 1. The molecule has 20 heavy (non-hydrogen) atoms. The summed E-state index contributed by atoms with van der Waals surface area (Å²) in [5.41, 5.74) is 0.760. The minimum absolute atomic E-state index is 0.169. The molecule has 0 unspecified atom stereocenters. The van der Waals surface area contributed by atoms with E-state index in [9.17, 15) is 4.79 Å². The predicted molar refractivity (Wildman–Crippen MR) is 84.3 cm³/mol. The van der Waals surface area contributed by atoms with Crippen LogP contribution in [0.25, 0.3) is 0 Å². The molecule has 0 heterocycles. The lowest BCUT2D eigenvalue weighted by molar-refractivity contribution is 0.0630. The van der Waals surface area contributed by atoms with Crippen molar-refractivity contribution in [2.45, 2.75) is 57.9 Å². The molecule has 0 aliphatic heterocycles. The number of unbranched alkanes of at least 4 members (excludes halogenated alkanes) is 1. The summed E-state index contributed by atoms with van der Waals surface area (Å²) in [5.74, 6) is 0.169. The van der Waals surface area contributed by atoms with E-state index in [2.05, 4.69) is 11.8 Å². The molecule has 1 amide bonds. The highest BCUT2D eigenvalue weighted by Gasteiger charge is 2.25. The molecular weight excluding hydrogens is 270 g/mol. The molecule has 2 nitrogen and oxygen atoms in total. The van der Waals surface area contributed by atoms with Gasteiger partial charge in [-0.25, -0.2) is 0 Å². The van der Waals surface area contributed by atoms with Crippen molar-refractivity contribution in [3.63, 3.8) is 0 Å². The minimum Gasteiger partial charge on any atom is -0.336 e. The average molecular weight is 294 g/mol. The highest BCUT2D eigenvalue weighted by molar-refractivity contribution is 6.30. The van der Waals surface area contributed by atoms with Crippen LogP contribution in [-0.2, 0) is 0 Å². The van der Waals surface area contributed by atoms with Gasteiger partial charge in [0.05, 0.1) is 0 Å². The van der Waals surface area contributed by atoms with E-state index in [1.807, 2.05) is 12.1 Å². The number of nitrogens with zero attached hydrogens (tertiary/aromatic N) is 1. The van der Waals surface area contributed by atoms with E-state index in [1.54, 1.807) is 12.1 Å². The van der Waals surface area contributed by atoms with Gasteiger partial charge in [-0.05, 0) is 43.5 Å². The van der Waals surface area contributed by atoms with Gasteiger partial charge in [-0.15, -0.1) is 0 Å². The van der Waals surface area contributed by atoms with E-state index < -0.39 is 0 Å². The maximum absolute atomic E-state index is 12.7. The van der Waals surface area contributed by atoms with Crippen LogP contribution < -0.4 is 0 Å². The van der Waals surface area contributed by atoms with Crippen molar-refractivity contribution in [1.29, 1.82) is 0 Å². The van der Waals surface area contributed by atoms with Crippen LogP contribution in [0.2, 0.25) is 5.02 Å². The van der Waals surface area contributed by atoms with Crippen molar-refractivity contribution >= 4 is 17.5 Å². The molecule has 0 N–H and O–H groups in total. The van der Waals surface area contributed by atoms with Crippen molar-refractivity contribution < 1.29 is 4.79 Å². The fraction of sp³-hybridized carbons (Fsp3) is 0.588. The molecule has 110 valence electrons. The SMILES string of the molecule is CCCCN(C(=O)c1ccc(Cl)cc1)C1CCCCC1. The minimum atomic E-state index is 0.169. The van der Waals surface area contributed by atoms with Crippen molar-refractivity contribution in [3.05, 3.63) is 34.9 Å². The van der Waals surface area contributed by atoms with E-state index in [0.717, 1.165) is 37.8 Å². The van der Waals surface area contributed by atoms with Crippen molar-refractivity contribution in [2.75, 3.05) is 6.54 Å². The summed E-state index contributed by atoms with van der Waals surface area (Å²) < 4.78 is 0. The molecule has 1 aromatic carbocycles. The molecule has 0 bridgehead atoms. The molecule has 1 saturated carbocycles. The van der Waals surface area contributed by atoms with Crippen LogP contribution in [0.1, 0.15) is 62.2 Å². The fourth-order valence-electron chi connectivity index (χ4n) is 2.93. The summed E-state index contributed by atoms with van der Waals surface area (Å²) in [6, 6.07) is 7.71. The summed E-state index contributed by atoms with van der Waals surface area (Å²) in [7, 11) is 0. The average Bonchev–Trinajstić information content (AvgIpc) is 2.49. The van der Waals surface area contributed by atoms with Gasteiger partial charge in [0.25, 0.3) is 5.91 Å². The second-order valence-electron chi connectivity index (χ2n) is 5.65. The Morgan fingerprint density at radius 1 is 1.20 bits per heavy atom. The van der Waals surface area contributed by atoms with Gasteiger partial charge in [0, 0.05) is 23.2 Å². The van der Waals surface area contributed by atoms with E-state index in [0.29, 0.717) is 11.1 Å². The Bertz CT molecular complexity index is 423. The van der Waals surface area contributed by atoms with Crippen LogP contribution in [0, 0.1) is 0 Å². The Kier molecular flexibility index (Phi) is 5.90. The normalized spacial score (nSPS) is 16.1. The van der Waals surface area contributed by atoms with Crippen LogP contribution >= 0.6 is 11.6 Å². The standard InChI is InChI=1S/C17H24ClNO/c1-2-3-13-19(16-7-5-4-6-8-16)17(20)14-9-11-15(18)12-10-14/h9-12,16H,2-8,13H2,1H3. The third-order valence-electron chi connectivity index (χ3n) is 4.12. The van der Waals surface area contributed by atoms with Gasteiger partial charge < -0.3 is 4.90 Å². The first-order valence-electron chi connectivity index (χ1n) is 7.79. The Balaban J connectivity index is 2.11. The third kappa shape index (κ3) is 3.99. The van der Waals surface area contributed by atoms with E-state index in [-0.39, 0.29) is 5.91 Å². The molecule has 1 aromatic rings. The third-order valence-corrected chi connectivity index (χ3v) is 4.37. The first-order chi connectivity index (χ1) is 9.72. The second-order valence-corrected chi connectivity index (χ2v) is 6.09. The van der Waals surface area contributed by atoms with Gasteiger partial charge in [0.15, 0.2) is 0 Å². The van der Waals surface area contributed by atoms with E-state index in [1.165, 1.54) is 19.3 Å². The maximum Gasteiger partial charge on any atom is 0.254 e. The summed E-state index contributed by atoms with van der Waals surface area (Å²) in [6.07, 6.45) is 8.33. The van der Waals surface area contributed by atoms with Crippen LogP contribution in [-0.4, -0.2) is 23.4 Å². The lowest BCUT2D eigenvalue weighted by Crippen LogP contribution is -2.42. The van der Waals surface area contributed by atoms with Gasteiger partial charge in [-0.3, -0.25) is 4.79 Å².